The van der Waals surface area contributed by atoms with E-state index in [-0.39, 0.29) is 0 Å². The lowest BCUT2D eigenvalue weighted by Crippen LogP contribution is -1.94. The Morgan fingerprint density at radius 3 is 2.80 bits per heavy atom. The van der Waals surface area contributed by atoms with E-state index in [0.29, 0.717) is 0 Å². The van der Waals surface area contributed by atoms with E-state index in [1.807, 2.05) is 38.1 Å². The Morgan fingerprint density at radius 1 is 1.16 bits per heavy atom. The quantitative estimate of drug-likeness (QED) is 0.571. The van der Waals surface area contributed by atoms with E-state index in [2.05, 4.69) is 32.6 Å². The fraction of sp³-hybridized carbons (Fsp3) is 0.158. The van der Waals surface area contributed by atoms with Crippen molar-refractivity contribution in [3.05, 3.63) is 54.2 Å². The molecule has 0 fully saturated rings. The molecule has 0 saturated heterocycles. The predicted molar refractivity (Wildman–Crippen MR) is 97.3 cm³/mol. The molecule has 2 aromatic carbocycles. The van der Waals surface area contributed by atoms with Gasteiger partial charge < -0.3 is 19.6 Å². The SMILES string of the molecule is COc1cccc(Nc2cc(-c3c(C)noc3C)cc3[nH]cnc23)c1. The van der Waals surface area contributed by atoms with Gasteiger partial charge in [-0.2, -0.15) is 0 Å². The number of anilines is 2. The molecular formula is C19H18N4O2. The summed E-state index contributed by atoms with van der Waals surface area (Å²) in [7, 11) is 1.66. The van der Waals surface area contributed by atoms with E-state index in [4.69, 9.17) is 9.26 Å². The first kappa shape index (κ1) is 15.3. The summed E-state index contributed by atoms with van der Waals surface area (Å²) in [5.74, 6) is 1.59. The van der Waals surface area contributed by atoms with Crippen LogP contribution in [-0.4, -0.2) is 22.2 Å². The molecule has 4 rings (SSSR count). The van der Waals surface area contributed by atoms with Gasteiger partial charge in [0.05, 0.1) is 30.3 Å². The molecule has 0 spiro atoms. The molecule has 0 aliphatic carbocycles. The average molecular weight is 334 g/mol. The Hall–Kier alpha value is -3.28. The third-order valence-corrected chi connectivity index (χ3v) is 4.19. The van der Waals surface area contributed by atoms with Gasteiger partial charge in [-0.05, 0) is 43.7 Å². The van der Waals surface area contributed by atoms with Crippen molar-refractivity contribution in [2.24, 2.45) is 0 Å². The topological polar surface area (TPSA) is 76.0 Å². The van der Waals surface area contributed by atoms with Crippen molar-refractivity contribution in [2.75, 3.05) is 12.4 Å². The molecule has 0 unspecified atom stereocenters. The largest absolute Gasteiger partial charge is 0.497 e. The minimum absolute atomic E-state index is 0.795. The van der Waals surface area contributed by atoms with E-state index >= 15 is 0 Å². The van der Waals surface area contributed by atoms with Gasteiger partial charge in [-0.25, -0.2) is 4.98 Å². The van der Waals surface area contributed by atoms with Crippen molar-refractivity contribution in [2.45, 2.75) is 13.8 Å². The molecule has 0 amide bonds. The lowest BCUT2D eigenvalue weighted by Gasteiger charge is -2.11. The van der Waals surface area contributed by atoms with Crippen LogP contribution in [0.3, 0.4) is 0 Å². The monoisotopic (exact) mass is 334 g/mol. The highest BCUT2D eigenvalue weighted by atomic mass is 16.5. The second-order valence-corrected chi connectivity index (χ2v) is 5.88. The summed E-state index contributed by atoms with van der Waals surface area (Å²) in [6.07, 6.45) is 1.69. The maximum Gasteiger partial charge on any atom is 0.141 e. The highest BCUT2D eigenvalue weighted by Gasteiger charge is 2.15. The molecule has 0 radical (unpaired) electrons. The van der Waals surface area contributed by atoms with Crippen LogP contribution in [0.4, 0.5) is 11.4 Å². The molecule has 0 aliphatic heterocycles. The van der Waals surface area contributed by atoms with Gasteiger partial charge >= 0.3 is 0 Å². The molecule has 0 bridgehead atoms. The van der Waals surface area contributed by atoms with E-state index in [9.17, 15) is 0 Å². The predicted octanol–water partition coefficient (Wildman–Crippen LogP) is 4.59. The third kappa shape index (κ3) is 2.71. The van der Waals surface area contributed by atoms with Crippen molar-refractivity contribution >= 4 is 22.4 Å². The number of rotatable bonds is 4. The molecular weight excluding hydrogens is 316 g/mol. The molecule has 4 aromatic rings. The van der Waals surface area contributed by atoms with Crippen LogP contribution in [0, 0.1) is 13.8 Å². The lowest BCUT2D eigenvalue weighted by atomic mass is 10.0. The lowest BCUT2D eigenvalue weighted by molar-refractivity contribution is 0.393. The van der Waals surface area contributed by atoms with Crippen molar-refractivity contribution in [1.29, 1.82) is 0 Å². The summed E-state index contributed by atoms with van der Waals surface area (Å²) in [5, 5.41) is 7.49. The second kappa shape index (κ2) is 5.98. The molecule has 25 heavy (non-hydrogen) atoms. The van der Waals surface area contributed by atoms with E-state index in [1.54, 1.807) is 13.4 Å². The molecule has 2 heterocycles. The number of aromatic amines is 1. The molecule has 6 heteroatoms. The Kier molecular flexibility index (Phi) is 3.65. The van der Waals surface area contributed by atoms with Crippen molar-refractivity contribution < 1.29 is 9.26 Å². The number of hydrogen-bond donors (Lipinski definition) is 2. The zero-order chi connectivity index (χ0) is 17.4. The Balaban J connectivity index is 1.84. The van der Waals surface area contributed by atoms with Gasteiger partial charge in [-0.15, -0.1) is 0 Å². The third-order valence-electron chi connectivity index (χ3n) is 4.19. The van der Waals surface area contributed by atoms with Crippen LogP contribution >= 0.6 is 0 Å². The summed E-state index contributed by atoms with van der Waals surface area (Å²) >= 11 is 0. The molecule has 0 aliphatic rings. The van der Waals surface area contributed by atoms with Gasteiger partial charge in [0.25, 0.3) is 0 Å². The zero-order valence-corrected chi connectivity index (χ0v) is 14.3. The number of H-pyrrole nitrogens is 1. The molecule has 126 valence electrons. The molecule has 2 N–H and O–H groups in total. The Morgan fingerprint density at radius 2 is 2.04 bits per heavy atom. The van der Waals surface area contributed by atoms with Crippen molar-refractivity contribution in [1.82, 2.24) is 15.1 Å². The highest BCUT2D eigenvalue weighted by molar-refractivity contribution is 5.95. The first-order chi connectivity index (χ1) is 12.2. The van der Waals surface area contributed by atoms with Crippen LogP contribution in [0.5, 0.6) is 5.75 Å². The Bertz CT molecular complexity index is 1030. The van der Waals surface area contributed by atoms with Crippen molar-refractivity contribution in [3.63, 3.8) is 0 Å². The maximum atomic E-state index is 5.32. The first-order valence-electron chi connectivity index (χ1n) is 7.97. The number of aromatic nitrogens is 3. The van der Waals surface area contributed by atoms with Gasteiger partial charge in [-0.1, -0.05) is 11.2 Å². The first-order valence-corrected chi connectivity index (χ1v) is 7.97. The van der Waals surface area contributed by atoms with E-state index < -0.39 is 0 Å². The van der Waals surface area contributed by atoms with Crippen LogP contribution < -0.4 is 10.1 Å². The standard InChI is InChI=1S/C19H18N4O2/c1-11-18(12(2)25-23-11)13-7-16-19(21-10-20-16)17(8-13)22-14-5-4-6-15(9-14)24-3/h4-10,22H,1-3H3,(H,20,21). The number of fused-ring (bicyclic) bond motifs is 1. The zero-order valence-electron chi connectivity index (χ0n) is 14.3. The summed E-state index contributed by atoms with van der Waals surface area (Å²) in [5.41, 5.74) is 6.55. The number of ether oxygens (including phenoxy) is 1. The summed E-state index contributed by atoms with van der Waals surface area (Å²) in [6, 6.07) is 11.9. The fourth-order valence-electron chi connectivity index (χ4n) is 3.04. The highest BCUT2D eigenvalue weighted by Crippen LogP contribution is 2.34. The number of benzene rings is 2. The maximum absolute atomic E-state index is 5.32. The van der Waals surface area contributed by atoms with Gasteiger partial charge in [0.1, 0.15) is 17.0 Å². The van der Waals surface area contributed by atoms with Crippen LogP contribution in [0.2, 0.25) is 0 Å². The van der Waals surface area contributed by atoms with Crippen LogP contribution in [0.25, 0.3) is 22.2 Å². The second-order valence-electron chi connectivity index (χ2n) is 5.88. The van der Waals surface area contributed by atoms with Crippen LogP contribution in [0.15, 0.2) is 47.2 Å². The summed E-state index contributed by atoms with van der Waals surface area (Å²) in [4.78, 5) is 7.62. The van der Waals surface area contributed by atoms with Gasteiger partial charge in [0, 0.05) is 17.3 Å². The minimum atomic E-state index is 0.795. The van der Waals surface area contributed by atoms with Crippen molar-refractivity contribution in [3.8, 4) is 16.9 Å². The number of nitrogens with zero attached hydrogens (tertiary/aromatic N) is 2. The number of nitrogens with one attached hydrogen (secondary N) is 2. The normalized spacial score (nSPS) is 11.0. The van der Waals surface area contributed by atoms with Crippen LogP contribution in [-0.2, 0) is 0 Å². The number of imidazole rings is 1. The van der Waals surface area contributed by atoms with Crippen LogP contribution in [0.1, 0.15) is 11.5 Å². The number of methoxy groups -OCH3 is 1. The number of aryl methyl sites for hydroxylation is 2. The van der Waals surface area contributed by atoms with Gasteiger partial charge in [0.15, 0.2) is 0 Å². The van der Waals surface area contributed by atoms with Gasteiger partial charge in [-0.3, -0.25) is 0 Å². The Labute approximate surface area is 144 Å². The van der Waals surface area contributed by atoms with E-state index in [1.165, 1.54) is 0 Å². The van der Waals surface area contributed by atoms with Gasteiger partial charge in [0.2, 0.25) is 0 Å². The smallest absolute Gasteiger partial charge is 0.141 e. The summed E-state index contributed by atoms with van der Waals surface area (Å²) in [6.45, 7) is 3.86. The minimum Gasteiger partial charge on any atom is -0.497 e. The average Bonchev–Trinajstić information content (AvgIpc) is 3.21. The fourth-order valence-corrected chi connectivity index (χ4v) is 3.04. The number of hydrogen-bond acceptors (Lipinski definition) is 5. The molecule has 0 atom stereocenters. The summed E-state index contributed by atoms with van der Waals surface area (Å²) < 4.78 is 10.6. The molecule has 2 aromatic heterocycles. The molecule has 6 nitrogen and oxygen atoms in total. The molecule has 0 saturated carbocycles. The van der Waals surface area contributed by atoms with E-state index in [0.717, 1.165) is 50.7 Å².